The first-order valence-corrected chi connectivity index (χ1v) is 6.58. The topological polar surface area (TPSA) is 32.3 Å². The van der Waals surface area contributed by atoms with Crippen LogP contribution in [0.2, 0.25) is 0 Å². The SMILES string of the molecule is C=C/C=C(\C=C/C)CNC(=O)C1CCN(C)CC1. The number of amides is 1. The summed E-state index contributed by atoms with van der Waals surface area (Å²) in [6.45, 7) is 8.26. The first-order chi connectivity index (χ1) is 8.67. The fraction of sp³-hybridized carbons (Fsp3) is 0.533. The Balaban J connectivity index is 2.40. The number of rotatable bonds is 5. The second kappa shape index (κ2) is 7.88. The van der Waals surface area contributed by atoms with Gasteiger partial charge in [0, 0.05) is 12.5 Å². The van der Waals surface area contributed by atoms with E-state index in [-0.39, 0.29) is 11.8 Å². The third-order valence-electron chi connectivity index (χ3n) is 3.27. The van der Waals surface area contributed by atoms with Crippen LogP contribution in [-0.2, 0) is 4.79 Å². The quantitative estimate of drug-likeness (QED) is 0.756. The third-order valence-corrected chi connectivity index (χ3v) is 3.27. The molecule has 18 heavy (non-hydrogen) atoms. The molecule has 3 heteroatoms. The molecule has 0 aliphatic carbocycles. The Labute approximate surface area is 110 Å². The standard InChI is InChI=1S/C15H24N2O/c1-4-6-13(7-5-2)12-16-15(18)14-8-10-17(3)11-9-14/h4-7,14H,1,8-12H2,2-3H3,(H,16,18)/b7-5-,13-6+. The number of hydrogen-bond donors (Lipinski definition) is 1. The zero-order valence-corrected chi connectivity index (χ0v) is 11.5. The summed E-state index contributed by atoms with van der Waals surface area (Å²) in [6, 6.07) is 0. The van der Waals surface area contributed by atoms with Gasteiger partial charge in [-0.25, -0.2) is 0 Å². The Kier molecular flexibility index (Phi) is 6.44. The molecule has 100 valence electrons. The summed E-state index contributed by atoms with van der Waals surface area (Å²) >= 11 is 0. The third kappa shape index (κ3) is 4.88. The highest BCUT2D eigenvalue weighted by molar-refractivity contribution is 5.79. The van der Waals surface area contributed by atoms with Crippen LogP contribution >= 0.6 is 0 Å². The molecular formula is C15H24N2O. The van der Waals surface area contributed by atoms with Crippen LogP contribution in [0.1, 0.15) is 19.8 Å². The average Bonchev–Trinajstić information content (AvgIpc) is 2.37. The summed E-state index contributed by atoms with van der Waals surface area (Å²) in [6.07, 6.45) is 9.57. The van der Waals surface area contributed by atoms with Gasteiger partial charge in [-0.05, 0) is 45.5 Å². The van der Waals surface area contributed by atoms with Crippen molar-refractivity contribution in [3.63, 3.8) is 0 Å². The predicted molar refractivity (Wildman–Crippen MR) is 76.3 cm³/mol. The molecule has 0 aromatic heterocycles. The van der Waals surface area contributed by atoms with Gasteiger partial charge in [0.05, 0.1) is 0 Å². The number of carbonyl (C=O) groups is 1. The van der Waals surface area contributed by atoms with E-state index < -0.39 is 0 Å². The number of nitrogens with zero attached hydrogens (tertiary/aromatic N) is 1. The molecular weight excluding hydrogens is 224 g/mol. The van der Waals surface area contributed by atoms with Gasteiger partial charge in [0.25, 0.3) is 0 Å². The fourth-order valence-corrected chi connectivity index (χ4v) is 2.14. The minimum Gasteiger partial charge on any atom is -0.352 e. The number of hydrogen-bond acceptors (Lipinski definition) is 2. The molecule has 0 atom stereocenters. The largest absolute Gasteiger partial charge is 0.352 e. The Morgan fingerprint density at radius 1 is 1.44 bits per heavy atom. The van der Waals surface area contributed by atoms with Gasteiger partial charge in [-0.2, -0.15) is 0 Å². The Hall–Kier alpha value is -1.35. The normalized spacial score (nSPS) is 19.1. The number of allylic oxidation sites excluding steroid dienone is 3. The van der Waals surface area contributed by atoms with Crippen molar-refractivity contribution in [2.75, 3.05) is 26.7 Å². The lowest BCUT2D eigenvalue weighted by Gasteiger charge is -2.28. The van der Waals surface area contributed by atoms with Gasteiger partial charge in [-0.3, -0.25) is 4.79 Å². The van der Waals surface area contributed by atoms with E-state index in [1.165, 1.54) is 0 Å². The fourth-order valence-electron chi connectivity index (χ4n) is 2.14. The minimum absolute atomic E-state index is 0.178. The van der Waals surface area contributed by atoms with Gasteiger partial charge in [-0.1, -0.05) is 30.9 Å². The van der Waals surface area contributed by atoms with Crippen LogP contribution in [0.15, 0.2) is 36.5 Å². The molecule has 1 heterocycles. The zero-order chi connectivity index (χ0) is 13.4. The van der Waals surface area contributed by atoms with E-state index in [0.29, 0.717) is 6.54 Å². The molecule has 1 fully saturated rings. The number of piperidine rings is 1. The molecule has 1 amide bonds. The van der Waals surface area contributed by atoms with Crippen molar-refractivity contribution in [2.45, 2.75) is 19.8 Å². The maximum atomic E-state index is 12.0. The molecule has 1 N–H and O–H groups in total. The van der Waals surface area contributed by atoms with Gasteiger partial charge in [-0.15, -0.1) is 0 Å². The van der Waals surface area contributed by atoms with E-state index in [0.717, 1.165) is 31.5 Å². The zero-order valence-electron chi connectivity index (χ0n) is 11.5. The summed E-state index contributed by atoms with van der Waals surface area (Å²) < 4.78 is 0. The van der Waals surface area contributed by atoms with Crippen molar-refractivity contribution in [3.05, 3.63) is 36.5 Å². The monoisotopic (exact) mass is 248 g/mol. The summed E-state index contributed by atoms with van der Waals surface area (Å²) in [5.41, 5.74) is 1.08. The van der Waals surface area contributed by atoms with Gasteiger partial charge >= 0.3 is 0 Å². The molecule has 1 aliphatic rings. The lowest BCUT2D eigenvalue weighted by Crippen LogP contribution is -2.39. The molecule has 1 aliphatic heterocycles. The van der Waals surface area contributed by atoms with Crippen molar-refractivity contribution in [1.82, 2.24) is 10.2 Å². The minimum atomic E-state index is 0.178. The molecule has 0 unspecified atom stereocenters. The maximum Gasteiger partial charge on any atom is 0.223 e. The molecule has 0 saturated carbocycles. The van der Waals surface area contributed by atoms with E-state index in [2.05, 4.69) is 23.8 Å². The van der Waals surface area contributed by atoms with Crippen molar-refractivity contribution in [3.8, 4) is 0 Å². The van der Waals surface area contributed by atoms with E-state index >= 15 is 0 Å². The lowest BCUT2D eigenvalue weighted by molar-refractivity contribution is -0.126. The Bertz CT molecular complexity index is 336. The average molecular weight is 248 g/mol. The highest BCUT2D eigenvalue weighted by Crippen LogP contribution is 2.15. The van der Waals surface area contributed by atoms with E-state index in [4.69, 9.17) is 0 Å². The second-order valence-electron chi connectivity index (χ2n) is 4.77. The van der Waals surface area contributed by atoms with E-state index in [9.17, 15) is 4.79 Å². The van der Waals surface area contributed by atoms with Crippen LogP contribution < -0.4 is 5.32 Å². The van der Waals surface area contributed by atoms with Crippen LogP contribution in [0, 0.1) is 5.92 Å². The van der Waals surface area contributed by atoms with Gasteiger partial charge in [0.2, 0.25) is 5.91 Å². The maximum absolute atomic E-state index is 12.0. The van der Waals surface area contributed by atoms with Gasteiger partial charge < -0.3 is 10.2 Å². The van der Waals surface area contributed by atoms with Crippen LogP contribution in [-0.4, -0.2) is 37.5 Å². The molecule has 1 rings (SSSR count). The summed E-state index contributed by atoms with van der Waals surface area (Å²) in [5.74, 6) is 0.361. The summed E-state index contributed by atoms with van der Waals surface area (Å²) in [7, 11) is 2.10. The second-order valence-corrected chi connectivity index (χ2v) is 4.77. The first-order valence-electron chi connectivity index (χ1n) is 6.58. The van der Waals surface area contributed by atoms with Crippen molar-refractivity contribution >= 4 is 5.91 Å². The molecule has 0 spiro atoms. The van der Waals surface area contributed by atoms with Gasteiger partial charge in [0.15, 0.2) is 0 Å². The van der Waals surface area contributed by atoms with E-state index in [1.807, 2.05) is 25.2 Å². The van der Waals surface area contributed by atoms with Gasteiger partial charge in [0.1, 0.15) is 0 Å². The molecule has 0 aromatic carbocycles. The van der Waals surface area contributed by atoms with Crippen LogP contribution in [0.5, 0.6) is 0 Å². The number of likely N-dealkylation sites (tertiary alicyclic amines) is 1. The molecule has 0 bridgehead atoms. The predicted octanol–water partition coefficient (Wildman–Crippen LogP) is 2.13. The smallest absolute Gasteiger partial charge is 0.223 e. The molecule has 0 radical (unpaired) electrons. The number of carbonyl (C=O) groups excluding carboxylic acids is 1. The van der Waals surface area contributed by atoms with Crippen LogP contribution in [0.3, 0.4) is 0 Å². The lowest BCUT2D eigenvalue weighted by atomic mass is 9.96. The van der Waals surface area contributed by atoms with Crippen LogP contribution in [0.25, 0.3) is 0 Å². The van der Waals surface area contributed by atoms with Crippen molar-refractivity contribution in [2.24, 2.45) is 5.92 Å². The molecule has 0 aromatic rings. The van der Waals surface area contributed by atoms with Crippen LogP contribution in [0.4, 0.5) is 0 Å². The number of nitrogens with one attached hydrogen (secondary N) is 1. The summed E-state index contributed by atoms with van der Waals surface area (Å²) in [5, 5.41) is 3.01. The van der Waals surface area contributed by atoms with E-state index in [1.54, 1.807) is 6.08 Å². The first kappa shape index (κ1) is 14.7. The highest BCUT2D eigenvalue weighted by atomic mass is 16.1. The highest BCUT2D eigenvalue weighted by Gasteiger charge is 2.22. The molecule has 3 nitrogen and oxygen atoms in total. The van der Waals surface area contributed by atoms with Crippen molar-refractivity contribution in [1.29, 1.82) is 0 Å². The van der Waals surface area contributed by atoms with Crippen molar-refractivity contribution < 1.29 is 4.79 Å². The molecule has 1 saturated heterocycles. The Morgan fingerprint density at radius 3 is 2.67 bits per heavy atom. The Morgan fingerprint density at radius 2 is 2.11 bits per heavy atom. The summed E-state index contributed by atoms with van der Waals surface area (Å²) in [4.78, 5) is 14.3.